The number of ether oxygens (including phenoxy) is 2. The number of rotatable bonds is 9. The van der Waals surface area contributed by atoms with Gasteiger partial charge < -0.3 is 25.2 Å². The molecule has 36 heavy (non-hydrogen) atoms. The second-order valence-electron chi connectivity index (χ2n) is 7.42. The molecule has 0 spiro atoms. The van der Waals surface area contributed by atoms with Gasteiger partial charge in [0.2, 0.25) is 16.8 Å². The molecule has 0 bridgehead atoms. The van der Waals surface area contributed by atoms with Gasteiger partial charge in [0.15, 0.2) is 11.6 Å². The van der Waals surface area contributed by atoms with Gasteiger partial charge in [-0.25, -0.2) is 22.7 Å². The number of anilines is 5. The average Bonchev–Trinajstić information content (AvgIpc) is 2.88. The fraction of sp³-hybridized carbons (Fsp3) is 0.125. The minimum absolute atomic E-state index is 0.0113. The molecule has 3 aromatic carbocycles. The number of carbonyl (C=O) groups excluding carboxylic acids is 1. The maximum Gasteiger partial charge on any atom is 0.250 e. The lowest BCUT2D eigenvalue weighted by molar-refractivity contribution is -0.118. The van der Waals surface area contributed by atoms with Gasteiger partial charge >= 0.3 is 0 Å². The molecule has 0 aliphatic rings. The molecule has 0 radical (unpaired) electrons. The van der Waals surface area contributed by atoms with Crippen LogP contribution in [0.2, 0.25) is 0 Å². The first-order chi connectivity index (χ1) is 17.4. The first kappa shape index (κ1) is 24.7. The monoisotopic (exact) mass is 509 g/mol. The van der Waals surface area contributed by atoms with E-state index < -0.39 is 23.4 Å². The summed E-state index contributed by atoms with van der Waals surface area (Å²) in [5, 5.41) is 14.7. The lowest BCUT2D eigenvalue weighted by Gasteiger charge is -2.21. The van der Waals surface area contributed by atoms with Crippen LogP contribution < -0.4 is 24.4 Å². The molecule has 0 saturated heterocycles. The zero-order chi connectivity index (χ0) is 25.7. The van der Waals surface area contributed by atoms with Crippen LogP contribution in [0.3, 0.4) is 0 Å². The molecular weight excluding hydrogens is 486 g/mol. The Morgan fingerprint density at radius 1 is 0.917 bits per heavy atom. The van der Waals surface area contributed by atoms with Gasteiger partial charge in [-0.05, 0) is 30.3 Å². The van der Waals surface area contributed by atoms with Crippen LogP contribution in [-0.4, -0.2) is 50.2 Å². The van der Waals surface area contributed by atoms with Crippen LogP contribution in [-0.2, 0) is 15.7 Å². The number of nitrogens with one attached hydrogen (secondary N) is 2. The van der Waals surface area contributed by atoms with Crippen LogP contribution in [0.1, 0.15) is 0 Å². The van der Waals surface area contributed by atoms with Gasteiger partial charge in [0.1, 0.15) is 18.1 Å². The largest absolute Gasteiger partial charge is 0.497 e. The van der Waals surface area contributed by atoms with Crippen molar-refractivity contribution in [1.82, 2.24) is 9.97 Å². The molecule has 1 heterocycles. The van der Waals surface area contributed by atoms with E-state index in [0.29, 0.717) is 33.9 Å². The number of methoxy groups -OCH3 is 2. The molecule has 4 aromatic rings. The Bertz CT molecular complexity index is 1460. The zero-order valence-corrected chi connectivity index (χ0v) is 20.2. The summed E-state index contributed by atoms with van der Waals surface area (Å²) in [6.07, 6.45) is 0. The number of carbonyl (C=O) groups is 1. The van der Waals surface area contributed by atoms with Crippen molar-refractivity contribution in [3.05, 3.63) is 66.7 Å². The van der Waals surface area contributed by atoms with Crippen LogP contribution >= 0.6 is 0 Å². The Balaban J connectivity index is 1.86. The number of amides is 1. The van der Waals surface area contributed by atoms with E-state index in [4.69, 9.17) is 14.6 Å². The quantitative estimate of drug-likeness (QED) is 0.250. The topological polar surface area (TPSA) is 143 Å². The summed E-state index contributed by atoms with van der Waals surface area (Å²) in [6, 6.07) is 18.3. The van der Waals surface area contributed by atoms with Crippen molar-refractivity contribution in [1.29, 1.82) is 0 Å². The Hall–Kier alpha value is -4.42. The molecule has 11 nitrogen and oxygen atoms in total. The first-order valence-electron chi connectivity index (χ1n) is 10.6. The van der Waals surface area contributed by atoms with E-state index in [2.05, 4.69) is 20.6 Å². The number of aromatic nitrogens is 2. The summed E-state index contributed by atoms with van der Waals surface area (Å²) in [6.45, 7) is -0.710. The van der Waals surface area contributed by atoms with E-state index in [1.165, 1.54) is 20.3 Å². The van der Waals surface area contributed by atoms with E-state index in [1.54, 1.807) is 60.7 Å². The number of para-hydroxylation sites is 2. The molecule has 0 unspecified atom stereocenters. The highest BCUT2D eigenvalue weighted by molar-refractivity contribution is 7.74. The summed E-state index contributed by atoms with van der Waals surface area (Å²) >= 11 is 0. The van der Waals surface area contributed by atoms with Crippen LogP contribution in [0.25, 0.3) is 11.0 Å². The van der Waals surface area contributed by atoms with Gasteiger partial charge in [0, 0.05) is 29.6 Å². The summed E-state index contributed by atoms with van der Waals surface area (Å²) < 4.78 is 36.7. The Morgan fingerprint density at radius 3 is 2.19 bits per heavy atom. The highest BCUT2D eigenvalue weighted by atomic mass is 32.2. The average molecular weight is 510 g/mol. The number of fused-ring (bicyclic) bond motifs is 1. The predicted molar refractivity (Wildman–Crippen MR) is 137 cm³/mol. The number of aliphatic hydroxyl groups excluding tert-OH is 1. The number of hydrogen-bond acceptors (Lipinski definition) is 9. The van der Waals surface area contributed by atoms with Gasteiger partial charge in [-0.3, -0.25) is 4.79 Å². The second kappa shape index (κ2) is 10.9. The van der Waals surface area contributed by atoms with Crippen molar-refractivity contribution in [2.45, 2.75) is 0 Å². The van der Waals surface area contributed by atoms with Crippen molar-refractivity contribution in [3.63, 3.8) is 0 Å². The highest BCUT2D eigenvalue weighted by Crippen LogP contribution is 2.35. The summed E-state index contributed by atoms with van der Waals surface area (Å²) in [7, 11) is -0.198. The highest BCUT2D eigenvalue weighted by Gasteiger charge is 2.21. The molecule has 0 saturated carbocycles. The molecule has 1 aromatic heterocycles. The third-order valence-electron chi connectivity index (χ3n) is 5.05. The van der Waals surface area contributed by atoms with Crippen molar-refractivity contribution in [3.8, 4) is 11.5 Å². The molecule has 3 N–H and O–H groups in total. The Labute approximate surface area is 208 Å². The molecule has 186 valence electrons. The smallest absolute Gasteiger partial charge is 0.250 e. The maximum absolute atomic E-state index is 12.5. The van der Waals surface area contributed by atoms with Crippen LogP contribution in [0.15, 0.2) is 66.7 Å². The number of nitrogens with zero attached hydrogens (tertiary/aromatic N) is 3. The number of benzene rings is 3. The number of aliphatic hydroxyl groups is 1. The summed E-state index contributed by atoms with van der Waals surface area (Å²) in [5.74, 6) is 0.577. The van der Waals surface area contributed by atoms with E-state index in [9.17, 15) is 13.2 Å². The van der Waals surface area contributed by atoms with Gasteiger partial charge in [0.25, 0.3) is 0 Å². The molecule has 0 aliphatic carbocycles. The molecule has 0 fully saturated rings. The van der Waals surface area contributed by atoms with Crippen molar-refractivity contribution < 1.29 is 27.8 Å². The fourth-order valence-corrected chi connectivity index (χ4v) is 4.06. The second-order valence-corrected chi connectivity index (χ2v) is 8.29. The maximum atomic E-state index is 12.5. The standard InChI is InChI=1S/C24H23N5O6S/c1-34-18-11-16(12-19(13-18)35-2)26-23-24(28-21-9-4-3-8-20(21)27-23)29(36(32)33)17-7-5-6-15(10-17)25-22(31)14-30/h3-13,30,36H,14H2,1-2H3,(H,25,31)(H,26,27). The van der Waals surface area contributed by atoms with Crippen LogP contribution in [0.5, 0.6) is 11.5 Å². The Kier molecular flexibility index (Phi) is 7.47. The summed E-state index contributed by atoms with van der Waals surface area (Å²) in [5.41, 5.74) is 2.06. The van der Waals surface area contributed by atoms with Crippen molar-refractivity contribution in [2.75, 3.05) is 35.8 Å². The van der Waals surface area contributed by atoms with E-state index in [0.717, 1.165) is 4.31 Å². The normalized spacial score (nSPS) is 10.8. The van der Waals surface area contributed by atoms with Crippen LogP contribution in [0.4, 0.5) is 28.7 Å². The van der Waals surface area contributed by atoms with Crippen molar-refractivity contribution >= 4 is 56.5 Å². The van der Waals surface area contributed by atoms with Gasteiger partial charge in [-0.2, -0.15) is 0 Å². The van der Waals surface area contributed by atoms with E-state index in [-0.39, 0.29) is 17.3 Å². The fourth-order valence-electron chi connectivity index (χ4n) is 3.45. The first-order valence-corrected chi connectivity index (χ1v) is 11.8. The molecule has 1 amide bonds. The molecular formula is C24H23N5O6S. The molecule has 12 heteroatoms. The molecule has 0 aliphatic heterocycles. The van der Waals surface area contributed by atoms with Crippen molar-refractivity contribution in [2.24, 2.45) is 0 Å². The van der Waals surface area contributed by atoms with E-state index in [1.807, 2.05) is 0 Å². The van der Waals surface area contributed by atoms with Gasteiger partial charge in [0.05, 0.1) is 30.9 Å². The van der Waals surface area contributed by atoms with Gasteiger partial charge in [-0.1, -0.05) is 18.2 Å². The number of thiol groups is 1. The molecule has 4 rings (SSSR count). The minimum Gasteiger partial charge on any atom is -0.497 e. The van der Waals surface area contributed by atoms with Gasteiger partial charge in [-0.15, -0.1) is 0 Å². The van der Waals surface area contributed by atoms with E-state index >= 15 is 0 Å². The predicted octanol–water partition coefficient (Wildman–Crippen LogP) is 2.99. The zero-order valence-electron chi connectivity index (χ0n) is 19.3. The summed E-state index contributed by atoms with van der Waals surface area (Å²) in [4.78, 5) is 20.8. The SMILES string of the molecule is COc1cc(Nc2nc3ccccc3nc2N(c2cccc(NC(=O)CO)c2)[SH](=O)=O)cc(OC)c1. The minimum atomic E-state index is -3.24. The third-order valence-corrected chi connectivity index (χ3v) is 5.80. The lowest BCUT2D eigenvalue weighted by atomic mass is 10.2. The third kappa shape index (κ3) is 5.45. The number of hydrogen-bond donors (Lipinski definition) is 4. The lowest BCUT2D eigenvalue weighted by Crippen LogP contribution is -2.19. The molecule has 0 atom stereocenters. The van der Waals surface area contributed by atoms with Crippen LogP contribution in [0, 0.1) is 0 Å². The Morgan fingerprint density at radius 2 is 1.58 bits per heavy atom.